The summed E-state index contributed by atoms with van der Waals surface area (Å²) in [4.78, 5) is 12.9. The smallest absolute Gasteiger partial charge is 0.210 e. The van der Waals surface area contributed by atoms with Gasteiger partial charge < -0.3 is 9.64 Å². The fraction of sp³-hybridized carbons (Fsp3) is 0.447. The molecule has 2 aliphatic heterocycles. The third-order valence-corrected chi connectivity index (χ3v) is 12.4. The molecule has 4 aromatic rings. The van der Waals surface area contributed by atoms with Crippen LogP contribution in [-0.2, 0) is 27.2 Å². The largest absolute Gasteiger partial charge is 0.494 e. The Hall–Kier alpha value is -3.31. The number of pyridine rings is 1. The molecule has 1 aromatic heterocycles. The van der Waals surface area contributed by atoms with Crippen LogP contribution in [0.4, 0.5) is 5.69 Å². The van der Waals surface area contributed by atoms with Crippen molar-refractivity contribution in [2.45, 2.75) is 72.7 Å². The number of anilines is 1. The Balaban J connectivity index is 1.21. The van der Waals surface area contributed by atoms with E-state index in [1.165, 1.54) is 31.0 Å². The van der Waals surface area contributed by atoms with Crippen molar-refractivity contribution < 1.29 is 17.4 Å². The van der Waals surface area contributed by atoms with Crippen molar-refractivity contribution in [3.8, 4) is 5.75 Å². The van der Waals surface area contributed by atoms with Gasteiger partial charge >= 0.3 is 0 Å². The number of likely N-dealkylation sites (tertiary alicyclic amines) is 1. The van der Waals surface area contributed by atoms with Gasteiger partial charge in [0.25, 0.3) is 0 Å². The van der Waals surface area contributed by atoms with E-state index in [0.29, 0.717) is 47.6 Å². The van der Waals surface area contributed by atoms with Gasteiger partial charge in [0.1, 0.15) is 10.6 Å². The number of benzene rings is 3. The summed E-state index contributed by atoms with van der Waals surface area (Å²) in [5.41, 5.74) is 2.68. The molecule has 2 aliphatic rings. The third-order valence-electron chi connectivity index (χ3n) is 9.69. The van der Waals surface area contributed by atoms with Gasteiger partial charge in [-0.3, -0.25) is 19.0 Å². The SMILES string of the molecule is CCCCCCCOc1ccc(S(=O)(=O)c2cnc3ccc(S(C)=O)cc3c2N2CCN(C3CCN(Cc4ccccc4)C3)CC2)cc1. The zero-order valence-corrected chi connectivity index (χ0v) is 29.9. The molecule has 0 aliphatic carbocycles. The maximum absolute atomic E-state index is 14.3. The second-order valence-corrected chi connectivity index (χ2v) is 16.3. The summed E-state index contributed by atoms with van der Waals surface area (Å²) in [6.45, 7) is 8.98. The van der Waals surface area contributed by atoms with Crippen LogP contribution in [0.25, 0.3) is 10.9 Å². The van der Waals surface area contributed by atoms with Crippen molar-refractivity contribution in [2.24, 2.45) is 0 Å². The number of fused-ring (bicyclic) bond motifs is 1. The van der Waals surface area contributed by atoms with E-state index < -0.39 is 20.6 Å². The van der Waals surface area contributed by atoms with Crippen molar-refractivity contribution in [3.05, 3.63) is 84.6 Å². The first kappa shape index (κ1) is 34.5. The highest BCUT2D eigenvalue weighted by Crippen LogP contribution is 2.38. The number of piperazine rings is 1. The first-order chi connectivity index (χ1) is 23.3. The van der Waals surface area contributed by atoms with Gasteiger partial charge in [-0.05, 0) is 60.9 Å². The number of unbranched alkanes of at least 4 members (excludes halogenated alkanes) is 4. The fourth-order valence-electron chi connectivity index (χ4n) is 6.98. The molecule has 2 saturated heterocycles. The Labute approximate surface area is 288 Å². The summed E-state index contributed by atoms with van der Waals surface area (Å²) in [5, 5.41) is 0.718. The fourth-order valence-corrected chi connectivity index (χ4v) is 8.96. The van der Waals surface area contributed by atoms with Gasteiger partial charge in [0.15, 0.2) is 0 Å². The second-order valence-electron chi connectivity index (χ2n) is 13.0. The average Bonchev–Trinajstić information content (AvgIpc) is 3.58. The highest BCUT2D eigenvalue weighted by Gasteiger charge is 2.33. The van der Waals surface area contributed by atoms with Crippen LogP contribution < -0.4 is 9.64 Å². The van der Waals surface area contributed by atoms with Crippen LogP contribution in [0.3, 0.4) is 0 Å². The molecule has 48 heavy (non-hydrogen) atoms. The molecule has 0 N–H and O–H groups in total. The average molecular weight is 689 g/mol. The minimum Gasteiger partial charge on any atom is -0.494 e. The molecule has 3 aromatic carbocycles. The van der Waals surface area contributed by atoms with Gasteiger partial charge in [0, 0.05) is 85.4 Å². The molecule has 0 amide bonds. The normalized spacial score (nSPS) is 18.4. The molecule has 2 unspecified atom stereocenters. The summed E-state index contributed by atoms with van der Waals surface area (Å²) in [7, 11) is -5.14. The van der Waals surface area contributed by atoms with E-state index in [9.17, 15) is 12.6 Å². The van der Waals surface area contributed by atoms with E-state index in [1.807, 2.05) is 18.2 Å². The number of rotatable bonds is 14. The summed E-state index contributed by atoms with van der Waals surface area (Å²) in [6, 6.07) is 23.4. The molecule has 0 spiro atoms. The molecule has 10 heteroatoms. The van der Waals surface area contributed by atoms with Gasteiger partial charge in [-0.2, -0.15) is 0 Å². The van der Waals surface area contributed by atoms with E-state index in [4.69, 9.17) is 4.74 Å². The third kappa shape index (κ3) is 8.10. The number of ether oxygens (including phenoxy) is 1. The zero-order chi connectivity index (χ0) is 33.5. The van der Waals surface area contributed by atoms with Crippen LogP contribution in [0.2, 0.25) is 0 Å². The van der Waals surface area contributed by atoms with Crippen LogP contribution in [0.5, 0.6) is 5.75 Å². The van der Waals surface area contributed by atoms with E-state index in [0.717, 1.165) is 57.4 Å². The number of hydrogen-bond acceptors (Lipinski definition) is 8. The standard InChI is InChI=1S/C38H48N4O4S2/c1-3-4-5-6-10-25-46-32-13-16-34(17-14-32)48(44,45)37-27-39-36-18-15-33(47(2)43)26-35(36)38(37)42-23-21-41(22-24-42)31-19-20-40(29-31)28-30-11-8-7-9-12-30/h7-9,11-18,26-27,31H,3-6,10,19-25,28-29H2,1-2H3. The lowest BCUT2D eigenvalue weighted by Gasteiger charge is -2.40. The van der Waals surface area contributed by atoms with Crippen LogP contribution in [0.15, 0.2) is 93.7 Å². The summed E-state index contributed by atoms with van der Waals surface area (Å²) in [5.74, 6) is 0.668. The summed E-state index contributed by atoms with van der Waals surface area (Å²) < 4.78 is 47.0. The van der Waals surface area contributed by atoms with Crippen molar-refractivity contribution in [1.29, 1.82) is 0 Å². The molecule has 0 saturated carbocycles. The minimum absolute atomic E-state index is 0.182. The van der Waals surface area contributed by atoms with Gasteiger partial charge in [-0.15, -0.1) is 0 Å². The first-order valence-electron chi connectivity index (χ1n) is 17.3. The maximum atomic E-state index is 14.3. The first-order valence-corrected chi connectivity index (χ1v) is 20.4. The number of sulfone groups is 1. The Bertz CT molecular complexity index is 1790. The molecular formula is C38H48N4O4S2. The molecule has 6 rings (SSSR count). The van der Waals surface area contributed by atoms with Crippen LogP contribution >= 0.6 is 0 Å². The highest BCUT2D eigenvalue weighted by atomic mass is 32.2. The monoisotopic (exact) mass is 688 g/mol. The molecular weight excluding hydrogens is 641 g/mol. The van der Waals surface area contributed by atoms with Crippen molar-refractivity contribution in [1.82, 2.24) is 14.8 Å². The van der Waals surface area contributed by atoms with Crippen molar-refractivity contribution >= 4 is 37.2 Å². The summed E-state index contributed by atoms with van der Waals surface area (Å²) in [6.07, 6.45) is 10.0. The number of aromatic nitrogens is 1. The molecule has 256 valence electrons. The molecule has 0 radical (unpaired) electrons. The molecule has 2 atom stereocenters. The molecule has 0 bridgehead atoms. The minimum atomic E-state index is -3.92. The van der Waals surface area contributed by atoms with Gasteiger partial charge in [-0.1, -0.05) is 62.9 Å². The van der Waals surface area contributed by atoms with Crippen LogP contribution in [0.1, 0.15) is 51.0 Å². The van der Waals surface area contributed by atoms with Crippen molar-refractivity contribution in [2.75, 3.05) is 57.0 Å². The number of hydrogen-bond donors (Lipinski definition) is 0. The lowest BCUT2D eigenvalue weighted by atomic mass is 10.1. The van der Waals surface area contributed by atoms with Crippen LogP contribution in [0, 0.1) is 0 Å². The molecule has 2 fully saturated rings. The van der Waals surface area contributed by atoms with Crippen LogP contribution in [-0.4, -0.2) is 85.6 Å². The molecule has 8 nitrogen and oxygen atoms in total. The number of nitrogens with zero attached hydrogens (tertiary/aromatic N) is 4. The van der Waals surface area contributed by atoms with E-state index in [-0.39, 0.29) is 9.79 Å². The Morgan fingerprint density at radius 2 is 1.65 bits per heavy atom. The predicted octanol–water partition coefficient (Wildman–Crippen LogP) is 6.55. The topological polar surface area (TPSA) is 83.0 Å². The van der Waals surface area contributed by atoms with Gasteiger partial charge in [-0.25, -0.2) is 8.42 Å². The Morgan fingerprint density at radius 1 is 0.896 bits per heavy atom. The predicted molar refractivity (Wildman–Crippen MR) is 194 cm³/mol. The Kier molecular flexibility index (Phi) is 11.5. The second kappa shape index (κ2) is 15.9. The quantitative estimate of drug-likeness (QED) is 0.138. The highest BCUT2D eigenvalue weighted by molar-refractivity contribution is 7.91. The van der Waals surface area contributed by atoms with Gasteiger partial charge in [0.05, 0.1) is 22.7 Å². The molecule has 3 heterocycles. The Morgan fingerprint density at radius 3 is 2.38 bits per heavy atom. The van der Waals surface area contributed by atoms with E-state index in [1.54, 1.807) is 30.5 Å². The van der Waals surface area contributed by atoms with Gasteiger partial charge in [0.2, 0.25) is 9.84 Å². The van der Waals surface area contributed by atoms with E-state index in [2.05, 4.69) is 56.9 Å². The lowest BCUT2D eigenvalue weighted by Crippen LogP contribution is -2.51. The lowest BCUT2D eigenvalue weighted by molar-refractivity contribution is 0.181. The summed E-state index contributed by atoms with van der Waals surface area (Å²) >= 11 is 0. The zero-order valence-electron chi connectivity index (χ0n) is 28.2. The van der Waals surface area contributed by atoms with Crippen molar-refractivity contribution in [3.63, 3.8) is 0 Å². The van der Waals surface area contributed by atoms with E-state index >= 15 is 0 Å². The maximum Gasteiger partial charge on any atom is 0.210 e.